The van der Waals surface area contributed by atoms with Crippen LogP contribution in [0.25, 0.3) is 0 Å². The molecule has 2 aromatic carbocycles. The molecule has 0 spiro atoms. The zero-order chi connectivity index (χ0) is 19.9. The molecule has 2 amide bonds. The van der Waals surface area contributed by atoms with Gasteiger partial charge < -0.3 is 9.73 Å². The number of hydrazone groups is 1. The van der Waals surface area contributed by atoms with Gasteiger partial charge in [-0.1, -0.05) is 29.5 Å². The number of hydrogen-bond acceptors (Lipinski definition) is 5. The molecule has 3 rings (SSSR count). The van der Waals surface area contributed by atoms with Gasteiger partial charge in [-0.25, -0.2) is 5.43 Å². The number of nitrogens with zero attached hydrogens (tertiary/aromatic N) is 1. The Morgan fingerprint density at radius 2 is 1.71 bits per heavy atom. The zero-order valence-electron chi connectivity index (χ0n) is 15.4. The number of aryl methyl sites for hydroxylation is 1. The van der Waals surface area contributed by atoms with E-state index in [-0.39, 0.29) is 11.8 Å². The fourth-order valence-corrected chi connectivity index (χ4v) is 3.09. The summed E-state index contributed by atoms with van der Waals surface area (Å²) < 4.78 is 5.68. The molecule has 0 fully saturated rings. The summed E-state index contributed by atoms with van der Waals surface area (Å²) in [6.07, 6.45) is 1.45. The largest absolute Gasteiger partial charge is 0.448 e. The fourth-order valence-electron chi connectivity index (χ4n) is 2.31. The van der Waals surface area contributed by atoms with Crippen LogP contribution in [0.5, 0.6) is 0 Å². The third-order valence-corrected chi connectivity index (χ3v) is 4.60. The maximum Gasteiger partial charge on any atom is 0.271 e. The highest BCUT2D eigenvalue weighted by atomic mass is 32.2. The third kappa shape index (κ3) is 5.59. The summed E-state index contributed by atoms with van der Waals surface area (Å²) in [6, 6.07) is 18.3. The minimum Gasteiger partial charge on any atom is -0.448 e. The highest BCUT2D eigenvalue weighted by Gasteiger charge is 2.06. The molecule has 6 nitrogen and oxygen atoms in total. The van der Waals surface area contributed by atoms with Crippen molar-refractivity contribution < 1.29 is 14.0 Å². The van der Waals surface area contributed by atoms with Gasteiger partial charge in [-0.15, -0.1) is 0 Å². The molecule has 1 heterocycles. The third-order valence-electron chi connectivity index (χ3n) is 3.67. The second-order valence-electron chi connectivity index (χ2n) is 6.03. The molecule has 0 atom stereocenters. The lowest BCUT2D eigenvalue weighted by Gasteiger charge is -2.03. The molecule has 0 saturated carbocycles. The molecule has 0 saturated heterocycles. The van der Waals surface area contributed by atoms with Gasteiger partial charge in [0.25, 0.3) is 5.91 Å². The average molecular weight is 393 g/mol. The van der Waals surface area contributed by atoms with E-state index in [1.165, 1.54) is 30.5 Å². The quantitative estimate of drug-likeness (QED) is 0.478. The van der Waals surface area contributed by atoms with Crippen molar-refractivity contribution in [1.82, 2.24) is 5.43 Å². The normalized spacial score (nSPS) is 10.8. The molecule has 0 aliphatic heterocycles. The number of amides is 2. The Labute approximate surface area is 167 Å². The highest BCUT2D eigenvalue weighted by Crippen LogP contribution is 2.28. The minimum atomic E-state index is -0.355. The van der Waals surface area contributed by atoms with E-state index in [9.17, 15) is 9.59 Å². The first kappa shape index (κ1) is 19.4. The van der Waals surface area contributed by atoms with Crippen molar-refractivity contribution >= 4 is 35.5 Å². The lowest BCUT2D eigenvalue weighted by atomic mass is 10.2. The summed E-state index contributed by atoms with van der Waals surface area (Å²) in [5, 5.41) is 7.31. The van der Waals surface area contributed by atoms with Gasteiger partial charge in [0.15, 0.2) is 5.09 Å². The monoisotopic (exact) mass is 393 g/mol. The Hall–Kier alpha value is -3.32. The van der Waals surface area contributed by atoms with Crippen LogP contribution < -0.4 is 10.7 Å². The van der Waals surface area contributed by atoms with E-state index in [0.717, 1.165) is 9.99 Å². The van der Waals surface area contributed by atoms with Crippen LogP contribution in [0, 0.1) is 6.92 Å². The Morgan fingerprint density at radius 3 is 2.39 bits per heavy atom. The van der Waals surface area contributed by atoms with Crippen molar-refractivity contribution in [2.24, 2.45) is 5.10 Å². The molecular weight excluding hydrogens is 374 g/mol. The Balaban J connectivity index is 1.54. The summed E-state index contributed by atoms with van der Waals surface area (Å²) in [6.45, 7) is 3.47. The van der Waals surface area contributed by atoms with E-state index >= 15 is 0 Å². The molecular formula is C21H19N3O3S. The Morgan fingerprint density at radius 1 is 1.00 bits per heavy atom. The molecule has 3 aromatic rings. The summed E-state index contributed by atoms with van der Waals surface area (Å²) in [7, 11) is 0. The van der Waals surface area contributed by atoms with Gasteiger partial charge in [0, 0.05) is 23.1 Å². The number of furan rings is 1. The average Bonchev–Trinajstić information content (AvgIpc) is 3.11. The topological polar surface area (TPSA) is 83.7 Å². The molecule has 0 aliphatic carbocycles. The molecule has 7 heteroatoms. The molecule has 0 radical (unpaired) electrons. The minimum absolute atomic E-state index is 0.167. The Kier molecular flexibility index (Phi) is 6.29. The lowest BCUT2D eigenvalue weighted by molar-refractivity contribution is -0.114. The van der Waals surface area contributed by atoms with Crippen LogP contribution in [-0.2, 0) is 4.79 Å². The SMILES string of the molecule is CC(=O)Nc1ccc(C(=O)N/N=C\c2ccc(Sc3ccc(C)cc3)o2)cc1. The summed E-state index contributed by atoms with van der Waals surface area (Å²) in [5.41, 5.74) is 4.71. The number of nitrogens with one attached hydrogen (secondary N) is 2. The van der Waals surface area contributed by atoms with Gasteiger partial charge in [-0.05, 0) is 55.5 Å². The van der Waals surface area contributed by atoms with Crippen LogP contribution in [0.15, 0.2) is 80.2 Å². The molecule has 0 aliphatic rings. The van der Waals surface area contributed by atoms with Crippen LogP contribution in [0.2, 0.25) is 0 Å². The van der Waals surface area contributed by atoms with Crippen molar-refractivity contribution in [3.8, 4) is 0 Å². The maximum atomic E-state index is 12.1. The van der Waals surface area contributed by atoms with Crippen LogP contribution in [0.3, 0.4) is 0 Å². The van der Waals surface area contributed by atoms with Gasteiger partial charge in [0.2, 0.25) is 5.91 Å². The number of carbonyl (C=O) groups excluding carboxylic acids is 2. The molecule has 0 unspecified atom stereocenters. The van der Waals surface area contributed by atoms with Gasteiger partial charge >= 0.3 is 0 Å². The molecule has 1 aromatic heterocycles. The van der Waals surface area contributed by atoms with Crippen molar-refractivity contribution in [1.29, 1.82) is 0 Å². The van der Waals surface area contributed by atoms with E-state index in [1.54, 1.807) is 30.3 Å². The first-order chi connectivity index (χ1) is 13.5. The van der Waals surface area contributed by atoms with E-state index in [4.69, 9.17) is 4.42 Å². The first-order valence-electron chi connectivity index (χ1n) is 8.55. The number of carbonyl (C=O) groups is 2. The van der Waals surface area contributed by atoms with Crippen molar-refractivity contribution in [3.05, 3.63) is 77.6 Å². The molecule has 28 heavy (non-hydrogen) atoms. The van der Waals surface area contributed by atoms with Crippen LogP contribution in [-0.4, -0.2) is 18.0 Å². The summed E-state index contributed by atoms with van der Waals surface area (Å²) in [5.74, 6) is 0.0162. The van der Waals surface area contributed by atoms with E-state index in [0.29, 0.717) is 17.0 Å². The van der Waals surface area contributed by atoms with Crippen molar-refractivity contribution in [2.45, 2.75) is 23.8 Å². The number of hydrogen-bond donors (Lipinski definition) is 2. The van der Waals surface area contributed by atoms with Crippen LogP contribution in [0.4, 0.5) is 5.69 Å². The van der Waals surface area contributed by atoms with E-state index in [2.05, 4.69) is 15.8 Å². The van der Waals surface area contributed by atoms with Gasteiger partial charge in [0.1, 0.15) is 5.76 Å². The molecule has 142 valence electrons. The van der Waals surface area contributed by atoms with Crippen LogP contribution in [0.1, 0.15) is 28.6 Å². The fraction of sp³-hybridized carbons (Fsp3) is 0.0952. The van der Waals surface area contributed by atoms with Gasteiger partial charge in [-0.2, -0.15) is 5.10 Å². The zero-order valence-corrected chi connectivity index (χ0v) is 16.2. The number of anilines is 1. The van der Waals surface area contributed by atoms with Gasteiger partial charge in [0.05, 0.1) is 6.21 Å². The predicted molar refractivity (Wildman–Crippen MR) is 110 cm³/mol. The number of benzene rings is 2. The first-order valence-corrected chi connectivity index (χ1v) is 9.37. The second-order valence-corrected chi connectivity index (χ2v) is 7.11. The smallest absolute Gasteiger partial charge is 0.271 e. The number of rotatable bonds is 6. The maximum absolute atomic E-state index is 12.1. The van der Waals surface area contributed by atoms with Crippen molar-refractivity contribution in [3.63, 3.8) is 0 Å². The standard InChI is InChI=1S/C21H19N3O3S/c1-14-3-10-19(11-4-14)28-20-12-9-18(27-20)13-22-24-21(26)16-5-7-17(8-6-16)23-15(2)25/h3-13H,1-2H3,(H,23,25)(H,24,26)/b22-13-. The van der Waals surface area contributed by atoms with E-state index in [1.807, 2.05) is 37.3 Å². The predicted octanol–water partition coefficient (Wildman–Crippen LogP) is 4.46. The Bertz CT molecular complexity index is 992. The lowest BCUT2D eigenvalue weighted by Crippen LogP contribution is -2.17. The van der Waals surface area contributed by atoms with E-state index < -0.39 is 0 Å². The molecule has 2 N–H and O–H groups in total. The summed E-state index contributed by atoms with van der Waals surface area (Å²) in [4.78, 5) is 24.2. The summed E-state index contributed by atoms with van der Waals surface area (Å²) >= 11 is 1.51. The highest BCUT2D eigenvalue weighted by molar-refractivity contribution is 7.99. The van der Waals surface area contributed by atoms with Gasteiger partial charge in [-0.3, -0.25) is 9.59 Å². The second kappa shape index (κ2) is 9.05. The van der Waals surface area contributed by atoms with Crippen molar-refractivity contribution in [2.75, 3.05) is 5.32 Å². The molecule has 0 bridgehead atoms. The van der Waals surface area contributed by atoms with Crippen LogP contribution >= 0.6 is 11.8 Å².